The molecule has 1 rings (SSSR count). The quantitative estimate of drug-likeness (QED) is 0.714. The highest BCUT2D eigenvalue weighted by atomic mass is 19.1. The van der Waals surface area contributed by atoms with Gasteiger partial charge >= 0.3 is 0 Å². The highest BCUT2D eigenvalue weighted by Crippen LogP contribution is 2.12. The number of halogens is 1. The summed E-state index contributed by atoms with van der Waals surface area (Å²) in [6.07, 6.45) is 5.15. The van der Waals surface area contributed by atoms with Crippen LogP contribution in [-0.2, 0) is 0 Å². The largest absolute Gasteiger partial charge is 0.328 e. The van der Waals surface area contributed by atoms with Crippen molar-refractivity contribution in [3.63, 3.8) is 0 Å². The van der Waals surface area contributed by atoms with Crippen molar-refractivity contribution in [1.82, 2.24) is 4.90 Å². The third kappa shape index (κ3) is 2.60. The molecule has 0 bridgehead atoms. The lowest BCUT2D eigenvalue weighted by Crippen LogP contribution is -2.31. The first-order valence-electron chi connectivity index (χ1n) is 5.09. The van der Waals surface area contributed by atoms with Gasteiger partial charge in [0.1, 0.15) is 5.82 Å². The fourth-order valence-electron chi connectivity index (χ4n) is 1.41. The molecule has 1 amide bonds. The number of nitrogens with zero attached hydrogens (tertiary/aromatic N) is 1. The average Bonchev–Trinajstić information content (AvgIpc) is 2.28. The Kier molecular flexibility index (Phi) is 4.07. The van der Waals surface area contributed by atoms with E-state index in [4.69, 9.17) is 6.42 Å². The van der Waals surface area contributed by atoms with Gasteiger partial charge in [0.25, 0.3) is 5.91 Å². The van der Waals surface area contributed by atoms with E-state index >= 15 is 0 Å². The van der Waals surface area contributed by atoms with Crippen LogP contribution in [-0.4, -0.2) is 23.9 Å². The zero-order chi connectivity index (χ0) is 12.1. The SMILES string of the molecule is C#CCN(CC)C(=O)c1cc(C)ccc1F. The second kappa shape index (κ2) is 5.32. The van der Waals surface area contributed by atoms with Crippen molar-refractivity contribution >= 4 is 5.91 Å². The summed E-state index contributed by atoms with van der Waals surface area (Å²) in [5, 5.41) is 0. The Hall–Kier alpha value is -1.82. The molecule has 3 heteroatoms. The molecule has 0 aliphatic carbocycles. The van der Waals surface area contributed by atoms with Crippen LogP contribution in [0.3, 0.4) is 0 Å². The second-order valence-electron chi connectivity index (χ2n) is 3.51. The van der Waals surface area contributed by atoms with Crippen LogP contribution < -0.4 is 0 Å². The molecule has 0 fully saturated rings. The molecule has 0 saturated heterocycles. The van der Waals surface area contributed by atoms with Gasteiger partial charge in [-0.05, 0) is 26.0 Å². The van der Waals surface area contributed by atoms with Crippen LogP contribution in [0.15, 0.2) is 18.2 Å². The number of carbonyl (C=O) groups is 1. The van der Waals surface area contributed by atoms with E-state index in [1.165, 1.54) is 17.0 Å². The third-order valence-electron chi connectivity index (χ3n) is 2.30. The molecule has 0 aliphatic heterocycles. The van der Waals surface area contributed by atoms with E-state index in [0.29, 0.717) is 6.54 Å². The lowest BCUT2D eigenvalue weighted by atomic mass is 10.1. The summed E-state index contributed by atoms with van der Waals surface area (Å²) in [7, 11) is 0. The molecule has 0 saturated carbocycles. The highest BCUT2D eigenvalue weighted by Gasteiger charge is 2.17. The van der Waals surface area contributed by atoms with E-state index in [0.717, 1.165) is 5.56 Å². The summed E-state index contributed by atoms with van der Waals surface area (Å²) >= 11 is 0. The molecule has 0 aromatic heterocycles. The van der Waals surface area contributed by atoms with Crippen LogP contribution >= 0.6 is 0 Å². The maximum absolute atomic E-state index is 13.5. The van der Waals surface area contributed by atoms with Gasteiger partial charge < -0.3 is 4.90 Å². The lowest BCUT2D eigenvalue weighted by Gasteiger charge is -2.18. The van der Waals surface area contributed by atoms with Gasteiger partial charge in [0, 0.05) is 6.54 Å². The van der Waals surface area contributed by atoms with Crippen molar-refractivity contribution in [1.29, 1.82) is 0 Å². The van der Waals surface area contributed by atoms with Crippen LogP contribution in [0.5, 0.6) is 0 Å². The van der Waals surface area contributed by atoms with Gasteiger partial charge in [0.2, 0.25) is 0 Å². The van der Waals surface area contributed by atoms with Gasteiger partial charge in [-0.25, -0.2) is 4.39 Å². The minimum absolute atomic E-state index is 0.0806. The molecular formula is C13H14FNO. The van der Waals surface area contributed by atoms with Crippen molar-refractivity contribution in [3.8, 4) is 12.3 Å². The van der Waals surface area contributed by atoms with Crippen molar-refractivity contribution in [2.75, 3.05) is 13.1 Å². The molecule has 0 radical (unpaired) electrons. The molecule has 0 aliphatic rings. The Balaban J connectivity index is 3.03. The predicted octanol–water partition coefficient (Wildman–Crippen LogP) is 2.23. The fourth-order valence-corrected chi connectivity index (χ4v) is 1.41. The number of hydrogen-bond acceptors (Lipinski definition) is 1. The molecule has 0 unspecified atom stereocenters. The minimum Gasteiger partial charge on any atom is -0.328 e. The van der Waals surface area contributed by atoms with Gasteiger partial charge in [-0.1, -0.05) is 17.6 Å². The van der Waals surface area contributed by atoms with E-state index in [2.05, 4.69) is 5.92 Å². The number of amides is 1. The number of rotatable bonds is 3. The molecule has 1 aromatic rings. The topological polar surface area (TPSA) is 20.3 Å². The van der Waals surface area contributed by atoms with E-state index < -0.39 is 5.82 Å². The van der Waals surface area contributed by atoms with Crippen molar-refractivity contribution < 1.29 is 9.18 Å². The summed E-state index contributed by atoms with van der Waals surface area (Å²) in [5.74, 6) is 1.52. The summed E-state index contributed by atoms with van der Waals surface area (Å²) in [4.78, 5) is 13.4. The van der Waals surface area contributed by atoms with E-state index in [9.17, 15) is 9.18 Å². The second-order valence-corrected chi connectivity index (χ2v) is 3.51. The molecule has 0 atom stereocenters. The van der Waals surface area contributed by atoms with Gasteiger partial charge in [0.15, 0.2) is 0 Å². The number of hydrogen-bond donors (Lipinski definition) is 0. The molecular weight excluding hydrogens is 205 g/mol. The van der Waals surface area contributed by atoms with Gasteiger partial charge in [-0.3, -0.25) is 4.79 Å². The Bertz CT molecular complexity index is 434. The summed E-state index contributed by atoms with van der Waals surface area (Å²) in [5.41, 5.74) is 0.929. The maximum Gasteiger partial charge on any atom is 0.257 e. The highest BCUT2D eigenvalue weighted by molar-refractivity contribution is 5.94. The molecule has 0 heterocycles. The summed E-state index contributed by atoms with van der Waals surface area (Å²) in [6.45, 7) is 4.29. The monoisotopic (exact) mass is 219 g/mol. The number of aryl methyl sites for hydroxylation is 1. The van der Waals surface area contributed by atoms with E-state index in [1.807, 2.05) is 13.8 Å². The first-order valence-corrected chi connectivity index (χ1v) is 5.09. The fraction of sp³-hybridized carbons (Fsp3) is 0.308. The maximum atomic E-state index is 13.5. The lowest BCUT2D eigenvalue weighted by molar-refractivity contribution is 0.0780. The van der Waals surface area contributed by atoms with Gasteiger partial charge in [-0.15, -0.1) is 6.42 Å². The van der Waals surface area contributed by atoms with Crippen molar-refractivity contribution in [3.05, 3.63) is 35.1 Å². The molecule has 1 aromatic carbocycles. The summed E-state index contributed by atoms with van der Waals surface area (Å²) < 4.78 is 13.5. The smallest absolute Gasteiger partial charge is 0.257 e. The van der Waals surface area contributed by atoms with Crippen LogP contribution in [0, 0.1) is 25.1 Å². The average molecular weight is 219 g/mol. The van der Waals surface area contributed by atoms with E-state index in [-0.39, 0.29) is 18.0 Å². The molecule has 0 spiro atoms. The Morgan fingerprint density at radius 3 is 2.81 bits per heavy atom. The predicted molar refractivity (Wildman–Crippen MR) is 61.5 cm³/mol. The third-order valence-corrected chi connectivity index (χ3v) is 2.30. The van der Waals surface area contributed by atoms with E-state index in [1.54, 1.807) is 6.07 Å². The van der Waals surface area contributed by atoms with Gasteiger partial charge in [-0.2, -0.15) is 0 Å². The number of terminal acetylenes is 1. The van der Waals surface area contributed by atoms with Crippen LogP contribution in [0.4, 0.5) is 4.39 Å². The normalized spacial score (nSPS) is 9.62. The molecule has 84 valence electrons. The zero-order valence-electron chi connectivity index (χ0n) is 9.46. The number of benzene rings is 1. The van der Waals surface area contributed by atoms with Crippen LogP contribution in [0.2, 0.25) is 0 Å². The number of carbonyl (C=O) groups excluding carboxylic acids is 1. The minimum atomic E-state index is -0.508. The molecule has 16 heavy (non-hydrogen) atoms. The van der Waals surface area contributed by atoms with Gasteiger partial charge in [0.05, 0.1) is 12.1 Å². The Labute approximate surface area is 95.1 Å². The first-order chi connectivity index (χ1) is 7.60. The van der Waals surface area contributed by atoms with Crippen molar-refractivity contribution in [2.24, 2.45) is 0 Å². The van der Waals surface area contributed by atoms with Crippen LogP contribution in [0.1, 0.15) is 22.8 Å². The van der Waals surface area contributed by atoms with Crippen molar-refractivity contribution in [2.45, 2.75) is 13.8 Å². The van der Waals surface area contributed by atoms with Crippen LogP contribution in [0.25, 0.3) is 0 Å². The standard InChI is InChI=1S/C13H14FNO/c1-4-8-15(5-2)13(16)11-9-10(3)6-7-12(11)14/h1,6-7,9H,5,8H2,2-3H3. The molecule has 2 nitrogen and oxygen atoms in total. The molecule has 0 N–H and O–H groups in total. The first kappa shape index (κ1) is 12.3. The summed E-state index contributed by atoms with van der Waals surface area (Å²) in [6, 6.07) is 4.46. The Morgan fingerprint density at radius 2 is 2.25 bits per heavy atom. The zero-order valence-corrected chi connectivity index (χ0v) is 9.46. The Morgan fingerprint density at radius 1 is 1.56 bits per heavy atom.